The van der Waals surface area contributed by atoms with Crippen molar-refractivity contribution in [3.05, 3.63) is 59.1 Å². The number of alkyl halides is 3. The maximum absolute atomic E-state index is 13.3. The van der Waals surface area contributed by atoms with Gasteiger partial charge < -0.3 is 15.7 Å². The van der Waals surface area contributed by atoms with Gasteiger partial charge in [0.05, 0.1) is 5.69 Å². The van der Waals surface area contributed by atoms with Crippen molar-refractivity contribution in [1.82, 2.24) is 19.5 Å². The minimum atomic E-state index is -4.69. The summed E-state index contributed by atoms with van der Waals surface area (Å²) in [5, 5.41) is 12.4. The second-order valence-electron chi connectivity index (χ2n) is 7.62. The first-order chi connectivity index (χ1) is 15.1. The Balaban J connectivity index is 0.000000269. The number of aromatic carboxylic acids is 1. The number of carboxylic acids is 1. The van der Waals surface area contributed by atoms with Gasteiger partial charge in [0.1, 0.15) is 0 Å². The van der Waals surface area contributed by atoms with Gasteiger partial charge in [0.25, 0.3) is 0 Å². The van der Waals surface area contributed by atoms with E-state index in [0.29, 0.717) is 22.7 Å². The van der Waals surface area contributed by atoms with Crippen molar-refractivity contribution in [3.63, 3.8) is 0 Å². The van der Waals surface area contributed by atoms with Crippen LogP contribution in [-0.2, 0) is 6.18 Å². The molecule has 10 heteroatoms. The van der Waals surface area contributed by atoms with E-state index in [-0.39, 0.29) is 11.3 Å². The van der Waals surface area contributed by atoms with Crippen molar-refractivity contribution >= 4 is 11.6 Å². The lowest BCUT2D eigenvalue weighted by Gasteiger charge is -2.23. The van der Waals surface area contributed by atoms with Crippen LogP contribution in [0.2, 0.25) is 0 Å². The van der Waals surface area contributed by atoms with E-state index >= 15 is 0 Å². The van der Waals surface area contributed by atoms with E-state index in [0.717, 1.165) is 24.2 Å². The molecule has 0 amide bonds. The molecule has 1 unspecified atom stereocenters. The van der Waals surface area contributed by atoms with E-state index < -0.39 is 23.5 Å². The summed E-state index contributed by atoms with van der Waals surface area (Å²) in [7, 11) is 0. The second kappa shape index (κ2) is 9.66. The van der Waals surface area contributed by atoms with Gasteiger partial charge in [-0.15, -0.1) is 6.54 Å². The number of benzene rings is 1. The quantitative estimate of drug-likeness (QED) is 0.610. The average Bonchev–Trinajstić information content (AvgIpc) is 3.39. The van der Waals surface area contributed by atoms with Gasteiger partial charge >= 0.3 is 12.1 Å². The molecule has 0 bridgehead atoms. The number of hydrogen-bond donors (Lipinski definition) is 1. The van der Waals surface area contributed by atoms with Crippen LogP contribution in [0.25, 0.3) is 22.6 Å². The van der Waals surface area contributed by atoms with Crippen LogP contribution in [0, 0.1) is 6.92 Å². The van der Waals surface area contributed by atoms with Crippen molar-refractivity contribution < 1.29 is 23.1 Å². The van der Waals surface area contributed by atoms with Crippen molar-refractivity contribution in [3.8, 4) is 11.3 Å². The van der Waals surface area contributed by atoms with Crippen LogP contribution in [0.4, 0.5) is 13.2 Å². The largest absolute Gasteiger partial charge is 0.676 e. The topological polar surface area (TPSA) is 94.5 Å². The van der Waals surface area contributed by atoms with E-state index in [2.05, 4.69) is 21.9 Å². The highest BCUT2D eigenvalue weighted by Crippen LogP contribution is 2.32. The Morgan fingerprint density at radius 1 is 1.25 bits per heavy atom. The normalized spacial score (nSPS) is 16.8. The van der Waals surface area contributed by atoms with Gasteiger partial charge in [-0.2, -0.15) is 18.3 Å². The van der Waals surface area contributed by atoms with Crippen LogP contribution >= 0.6 is 0 Å². The lowest BCUT2D eigenvalue weighted by molar-refractivity contribution is -0.142. The SMILES string of the molecule is CCN1CCCC1C[NH-].Cc1ccc(-c2cc(C(F)(F)F)n3nc(C(=O)O)cc3n2)cc1. The molecule has 172 valence electrons. The Morgan fingerprint density at radius 2 is 1.94 bits per heavy atom. The molecule has 1 aliphatic rings. The van der Waals surface area contributed by atoms with E-state index in [1.54, 1.807) is 24.3 Å². The van der Waals surface area contributed by atoms with Crippen LogP contribution in [-0.4, -0.2) is 56.2 Å². The number of fused-ring (bicyclic) bond motifs is 1. The molecule has 7 nitrogen and oxygen atoms in total. The van der Waals surface area contributed by atoms with Gasteiger partial charge in [0.2, 0.25) is 0 Å². The molecule has 4 rings (SSSR count). The number of aromatic nitrogens is 3. The smallest absolute Gasteiger partial charge is 0.433 e. The molecule has 0 aliphatic carbocycles. The number of nitrogens with one attached hydrogen (secondary N) is 1. The van der Waals surface area contributed by atoms with Gasteiger partial charge in [-0.05, 0) is 45.0 Å². The molecular formula is C22H25F3N5O2-. The number of nitrogens with zero attached hydrogens (tertiary/aromatic N) is 4. The molecule has 0 radical (unpaired) electrons. The van der Waals surface area contributed by atoms with Crippen molar-refractivity contribution in [1.29, 1.82) is 0 Å². The monoisotopic (exact) mass is 448 g/mol. The average molecular weight is 448 g/mol. The molecule has 1 aromatic carbocycles. The second-order valence-corrected chi connectivity index (χ2v) is 7.62. The summed E-state index contributed by atoms with van der Waals surface area (Å²) < 4.78 is 40.3. The third-order valence-corrected chi connectivity index (χ3v) is 5.42. The Hall–Kier alpha value is -2.98. The number of rotatable bonds is 4. The van der Waals surface area contributed by atoms with Crippen LogP contribution in [0.3, 0.4) is 0 Å². The molecule has 0 saturated carbocycles. The number of carbonyl (C=O) groups is 1. The number of hydrogen-bond acceptors (Lipinski definition) is 4. The van der Waals surface area contributed by atoms with Crippen molar-refractivity contribution in [2.45, 2.75) is 38.9 Å². The number of likely N-dealkylation sites (tertiary alicyclic amines) is 1. The molecule has 2 aromatic heterocycles. The third kappa shape index (κ3) is 5.25. The van der Waals surface area contributed by atoms with Gasteiger partial charge in [-0.25, -0.2) is 14.3 Å². The molecule has 1 fully saturated rings. The number of halogens is 3. The number of likely N-dealkylation sites (N-methyl/N-ethyl adjacent to an activating group) is 1. The highest BCUT2D eigenvalue weighted by molar-refractivity contribution is 5.86. The molecule has 2 N–H and O–H groups in total. The van der Waals surface area contributed by atoms with E-state index in [1.807, 2.05) is 6.92 Å². The molecular weight excluding hydrogens is 423 g/mol. The fourth-order valence-electron chi connectivity index (χ4n) is 3.70. The Kier molecular flexibility index (Phi) is 7.15. The lowest BCUT2D eigenvalue weighted by Crippen LogP contribution is -2.30. The minimum Gasteiger partial charge on any atom is -0.676 e. The van der Waals surface area contributed by atoms with E-state index in [4.69, 9.17) is 10.8 Å². The summed E-state index contributed by atoms with van der Waals surface area (Å²) in [6.07, 6.45) is -2.14. The summed E-state index contributed by atoms with van der Waals surface area (Å²) in [6.45, 7) is 6.98. The van der Waals surface area contributed by atoms with Crippen LogP contribution in [0.15, 0.2) is 36.4 Å². The van der Waals surface area contributed by atoms with Crippen molar-refractivity contribution in [2.24, 2.45) is 0 Å². The standard InChI is InChI=1S/C15H10F3N3O2.C7H15N2/c1-8-2-4-9(5-3-8)10-6-12(15(16,17)18)21-13(19-10)7-11(20-21)14(22)23;1-2-9-5-3-4-7(9)6-8/h2-7H,1H3,(H,22,23);7-8H,2-6H2,1H3/q;-1. The third-order valence-electron chi connectivity index (χ3n) is 5.42. The molecule has 32 heavy (non-hydrogen) atoms. The van der Waals surface area contributed by atoms with Gasteiger partial charge in [-0.1, -0.05) is 36.8 Å². The highest BCUT2D eigenvalue weighted by Gasteiger charge is 2.35. The first-order valence-electron chi connectivity index (χ1n) is 10.3. The molecule has 1 aliphatic heterocycles. The van der Waals surface area contributed by atoms with E-state index in [9.17, 15) is 18.0 Å². The molecule has 1 saturated heterocycles. The predicted octanol–water partition coefficient (Wildman–Crippen LogP) is 4.94. The zero-order valence-corrected chi connectivity index (χ0v) is 17.9. The van der Waals surface area contributed by atoms with Crippen molar-refractivity contribution in [2.75, 3.05) is 19.6 Å². The van der Waals surface area contributed by atoms with Crippen LogP contribution in [0.1, 0.15) is 41.5 Å². The highest BCUT2D eigenvalue weighted by atomic mass is 19.4. The predicted molar refractivity (Wildman–Crippen MR) is 115 cm³/mol. The summed E-state index contributed by atoms with van der Waals surface area (Å²) in [5.74, 6) is -1.42. The number of aryl methyl sites for hydroxylation is 1. The molecule has 0 spiro atoms. The fraction of sp³-hybridized carbons (Fsp3) is 0.409. The molecule has 3 aromatic rings. The summed E-state index contributed by atoms with van der Waals surface area (Å²) >= 11 is 0. The number of carboxylic acid groups (broad SMARTS) is 1. The maximum Gasteiger partial charge on any atom is 0.433 e. The minimum absolute atomic E-state index is 0.0988. The Labute approximate surface area is 183 Å². The lowest BCUT2D eigenvalue weighted by atomic mass is 10.1. The summed E-state index contributed by atoms with van der Waals surface area (Å²) in [4.78, 5) is 17.4. The first-order valence-corrected chi connectivity index (χ1v) is 10.3. The molecule has 3 heterocycles. The Bertz CT molecular complexity index is 1070. The van der Waals surface area contributed by atoms with Crippen LogP contribution in [0.5, 0.6) is 0 Å². The van der Waals surface area contributed by atoms with Crippen LogP contribution < -0.4 is 0 Å². The fourth-order valence-corrected chi connectivity index (χ4v) is 3.70. The van der Waals surface area contributed by atoms with Gasteiger partial charge in [0, 0.05) is 11.6 Å². The first kappa shape index (κ1) is 23.7. The van der Waals surface area contributed by atoms with Gasteiger partial charge in [0.15, 0.2) is 17.0 Å². The zero-order chi connectivity index (χ0) is 23.5. The summed E-state index contributed by atoms with van der Waals surface area (Å²) in [6, 6.07) is 9.27. The van der Waals surface area contributed by atoms with Gasteiger partial charge in [-0.3, -0.25) is 0 Å². The zero-order valence-electron chi connectivity index (χ0n) is 17.9. The maximum atomic E-state index is 13.3. The Morgan fingerprint density at radius 3 is 2.47 bits per heavy atom. The molecule has 1 atom stereocenters. The van der Waals surface area contributed by atoms with E-state index in [1.165, 1.54) is 19.4 Å². The summed E-state index contributed by atoms with van der Waals surface area (Å²) in [5.41, 5.74) is 7.01.